The Morgan fingerprint density at radius 3 is 2.90 bits per heavy atom. The zero-order valence-corrected chi connectivity index (χ0v) is 13.6. The summed E-state index contributed by atoms with van der Waals surface area (Å²) in [5, 5.41) is 3.35. The van der Waals surface area contributed by atoms with Gasteiger partial charge < -0.3 is 14.6 Å². The van der Waals surface area contributed by atoms with Gasteiger partial charge in [-0.3, -0.25) is 0 Å². The lowest BCUT2D eigenvalue weighted by molar-refractivity contribution is 0.187. The van der Waals surface area contributed by atoms with E-state index in [9.17, 15) is 0 Å². The molecule has 0 saturated carbocycles. The maximum absolute atomic E-state index is 5.64. The molecule has 1 fully saturated rings. The molecule has 20 heavy (non-hydrogen) atoms. The Kier molecular flexibility index (Phi) is 3.84. The quantitative estimate of drug-likeness (QED) is 0.935. The second-order valence-electron chi connectivity index (χ2n) is 5.61. The molecule has 1 N–H and O–H groups in total. The van der Waals surface area contributed by atoms with Crippen molar-refractivity contribution >= 4 is 27.0 Å². The molecule has 3 rings (SSSR count). The van der Waals surface area contributed by atoms with Crippen molar-refractivity contribution in [2.45, 2.75) is 31.8 Å². The molecule has 2 atom stereocenters. The maximum Gasteiger partial charge on any atom is 0.117 e. The van der Waals surface area contributed by atoms with Crippen LogP contribution in [0.1, 0.15) is 31.6 Å². The van der Waals surface area contributed by atoms with E-state index < -0.39 is 0 Å². The molecule has 0 aliphatic carbocycles. The summed E-state index contributed by atoms with van der Waals surface area (Å²) in [5.41, 5.74) is 2.24. The van der Waals surface area contributed by atoms with Crippen molar-refractivity contribution in [3.8, 4) is 0 Å². The Hall–Kier alpha value is -0.910. The number of nitrogens with zero attached hydrogens (tertiary/aromatic N) is 2. The molecule has 4 nitrogen and oxygen atoms in total. The Balaban J connectivity index is 2.16. The van der Waals surface area contributed by atoms with Gasteiger partial charge in [0.25, 0.3) is 0 Å². The number of ether oxygens (including phenoxy) is 1. The van der Waals surface area contributed by atoms with Gasteiger partial charge in [-0.2, -0.15) is 0 Å². The van der Waals surface area contributed by atoms with Crippen molar-refractivity contribution in [2.24, 2.45) is 0 Å². The van der Waals surface area contributed by atoms with E-state index in [0.29, 0.717) is 18.0 Å². The van der Waals surface area contributed by atoms with Crippen LogP contribution in [0.25, 0.3) is 11.0 Å². The van der Waals surface area contributed by atoms with Crippen molar-refractivity contribution in [1.29, 1.82) is 0 Å². The first-order valence-electron chi connectivity index (χ1n) is 7.04. The standard InChI is InChI=1S/C15H20BrN3O/c1-9(2)19-14-5-4-10(16)6-12(14)18-15(19)11-7-20-8-13(11)17-3/h4-6,9,11,13,17H,7-8H2,1-3H3. The molecule has 0 amide bonds. The van der Waals surface area contributed by atoms with Crippen LogP contribution in [0.15, 0.2) is 22.7 Å². The molecule has 1 aromatic carbocycles. The molecule has 0 bridgehead atoms. The zero-order chi connectivity index (χ0) is 14.3. The highest BCUT2D eigenvalue weighted by Gasteiger charge is 2.33. The third kappa shape index (κ3) is 2.28. The predicted octanol–water partition coefficient (Wildman–Crippen LogP) is 3.08. The number of hydrogen-bond donors (Lipinski definition) is 1. The number of benzene rings is 1. The highest BCUT2D eigenvalue weighted by Crippen LogP contribution is 2.31. The molecular formula is C15H20BrN3O. The van der Waals surface area contributed by atoms with Crippen molar-refractivity contribution in [2.75, 3.05) is 20.3 Å². The van der Waals surface area contributed by atoms with Crippen molar-refractivity contribution in [3.05, 3.63) is 28.5 Å². The van der Waals surface area contributed by atoms with Crippen LogP contribution in [0.2, 0.25) is 0 Å². The predicted molar refractivity (Wildman–Crippen MR) is 84.2 cm³/mol. The Bertz CT molecular complexity index is 623. The number of hydrogen-bond acceptors (Lipinski definition) is 3. The van der Waals surface area contributed by atoms with E-state index >= 15 is 0 Å². The zero-order valence-electron chi connectivity index (χ0n) is 12.1. The van der Waals surface area contributed by atoms with E-state index in [-0.39, 0.29) is 0 Å². The second kappa shape index (κ2) is 5.47. The lowest BCUT2D eigenvalue weighted by Crippen LogP contribution is -2.32. The summed E-state index contributed by atoms with van der Waals surface area (Å²) >= 11 is 3.53. The molecule has 2 heterocycles. The Morgan fingerprint density at radius 1 is 1.40 bits per heavy atom. The first-order chi connectivity index (χ1) is 9.61. The second-order valence-corrected chi connectivity index (χ2v) is 6.52. The normalized spacial score (nSPS) is 23.1. The molecule has 108 valence electrons. The molecule has 1 aromatic heterocycles. The first kappa shape index (κ1) is 14.0. The number of aromatic nitrogens is 2. The molecule has 1 aliphatic rings. The first-order valence-corrected chi connectivity index (χ1v) is 7.83. The third-order valence-electron chi connectivity index (χ3n) is 3.98. The van der Waals surface area contributed by atoms with Crippen LogP contribution in [0.3, 0.4) is 0 Å². The monoisotopic (exact) mass is 337 g/mol. The van der Waals surface area contributed by atoms with E-state index in [2.05, 4.69) is 57.9 Å². The SMILES string of the molecule is CNC1COCC1c1nc2cc(Br)ccc2n1C(C)C. The van der Waals surface area contributed by atoms with Crippen LogP contribution >= 0.6 is 15.9 Å². The van der Waals surface area contributed by atoms with Gasteiger partial charge in [0.05, 0.1) is 30.2 Å². The van der Waals surface area contributed by atoms with E-state index in [1.54, 1.807) is 0 Å². The van der Waals surface area contributed by atoms with E-state index in [0.717, 1.165) is 29.0 Å². The van der Waals surface area contributed by atoms with Crippen LogP contribution in [0, 0.1) is 0 Å². The van der Waals surface area contributed by atoms with Gasteiger partial charge in [-0.15, -0.1) is 0 Å². The lowest BCUT2D eigenvalue weighted by atomic mass is 10.0. The van der Waals surface area contributed by atoms with Gasteiger partial charge in [0, 0.05) is 16.6 Å². The summed E-state index contributed by atoms with van der Waals surface area (Å²) < 4.78 is 9.05. The van der Waals surface area contributed by atoms with Crippen molar-refractivity contribution < 1.29 is 4.74 Å². The molecule has 1 aliphatic heterocycles. The highest BCUT2D eigenvalue weighted by atomic mass is 79.9. The number of imidazole rings is 1. The number of fused-ring (bicyclic) bond motifs is 1. The summed E-state index contributed by atoms with van der Waals surface area (Å²) in [7, 11) is 1.99. The van der Waals surface area contributed by atoms with Crippen LogP contribution in [0.4, 0.5) is 0 Å². The molecular weight excluding hydrogens is 318 g/mol. The highest BCUT2D eigenvalue weighted by molar-refractivity contribution is 9.10. The summed E-state index contributed by atoms with van der Waals surface area (Å²) in [4.78, 5) is 4.89. The third-order valence-corrected chi connectivity index (χ3v) is 4.47. The van der Waals surface area contributed by atoms with Gasteiger partial charge in [-0.25, -0.2) is 4.98 Å². The van der Waals surface area contributed by atoms with Crippen molar-refractivity contribution in [3.63, 3.8) is 0 Å². The van der Waals surface area contributed by atoms with Gasteiger partial charge in [0.2, 0.25) is 0 Å². The van der Waals surface area contributed by atoms with Gasteiger partial charge in [-0.05, 0) is 39.1 Å². The summed E-state index contributed by atoms with van der Waals surface area (Å²) in [6, 6.07) is 7.03. The molecule has 0 spiro atoms. The minimum Gasteiger partial charge on any atom is -0.379 e. The maximum atomic E-state index is 5.64. The van der Waals surface area contributed by atoms with E-state index in [1.807, 2.05) is 7.05 Å². The van der Waals surface area contributed by atoms with Gasteiger partial charge in [-0.1, -0.05) is 15.9 Å². The van der Waals surface area contributed by atoms with Crippen LogP contribution in [-0.4, -0.2) is 35.9 Å². The van der Waals surface area contributed by atoms with Gasteiger partial charge in [0.1, 0.15) is 5.82 Å². The van der Waals surface area contributed by atoms with Crippen LogP contribution in [0.5, 0.6) is 0 Å². The molecule has 2 aromatic rings. The molecule has 2 unspecified atom stereocenters. The number of rotatable bonds is 3. The molecule has 1 saturated heterocycles. The smallest absolute Gasteiger partial charge is 0.117 e. The average molecular weight is 338 g/mol. The summed E-state index contributed by atoms with van der Waals surface area (Å²) in [6.45, 7) is 5.91. The van der Waals surface area contributed by atoms with Crippen LogP contribution < -0.4 is 5.32 Å². The average Bonchev–Trinajstić information content (AvgIpc) is 3.00. The molecule has 0 radical (unpaired) electrons. The fourth-order valence-electron chi connectivity index (χ4n) is 2.99. The largest absolute Gasteiger partial charge is 0.379 e. The number of likely N-dealkylation sites (N-methyl/N-ethyl adjacent to an activating group) is 1. The Morgan fingerprint density at radius 2 is 2.20 bits per heavy atom. The fraction of sp³-hybridized carbons (Fsp3) is 0.533. The minimum absolute atomic E-state index is 0.313. The Labute approximate surface area is 127 Å². The topological polar surface area (TPSA) is 39.1 Å². The van der Waals surface area contributed by atoms with Crippen LogP contribution in [-0.2, 0) is 4.74 Å². The van der Waals surface area contributed by atoms with Crippen molar-refractivity contribution in [1.82, 2.24) is 14.9 Å². The van der Waals surface area contributed by atoms with Gasteiger partial charge >= 0.3 is 0 Å². The summed E-state index contributed by atoms with van der Waals surface area (Å²) in [5.74, 6) is 1.44. The number of halogens is 1. The minimum atomic E-state index is 0.313. The number of nitrogens with one attached hydrogen (secondary N) is 1. The van der Waals surface area contributed by atoms with Gasteiger partial charge in [0.15, 0.2) is 0 Å². The summed E-state index contributed by atoms with van der Waals surface area (Å²) in [6.07, 6.45) is 0. The lowest BCUT2D eigenvalue weighted by Gasteiger charge is -2.20. The van der Waals surface area contributed by atoms with E-state index in [4.69, 9.17) is 9.72 Å². The van der Waals surface area contributed by atoms with E-state index in [1.165, 1.54) is 5.52 Å². The fourth-order valence-corrected chi connectivity index (χ4v) is 3.34. The molecule has 5 heteroatoms.